The average Bonchev–Trinajstić information content (AvgIpc) is 2.45. The van der Waals surface area contributed by atoms with Gasteiger partial charge in [0.1, 0.15) is 0 Å². The topological polar surface area (TPSA) is 32.3 Å². The number of unbranched alkanes of at least 4 members (excludes halogenated alkanes) is 1. The van der Waals surface area contributed by atoms with Gasteiger partial charge in [0.25, 0.3) is 0 Å². The monoisotopic (exact) mass is 280 g/mol. The minimum atomic E-state index is 0.302. The largest absolute Gasteiger partial charge is 0.334 e. The van der Waals surface area contributed by atoms with E-state index in [1.165, 1.54) is 32.1 Å². The van der Waals surface area contributed by atoms with Crippen molar-refractivity contribution in [3.05, 3.63) is 0 Å². The molecule has 2 rings (SSSR count). The fourth-order valence-electron chi connectivity index (χ4n) is 3.97. The number of carbonyl (C=O) groups excluding carboxylic acids is 1. The Hall–Kier alpha value is -0.570. The zero-order valence-corrected chi connectivity index (χ0v) is 13.5. The zero-order valence-electron chi connectivity index (χ0n) is 13.5. The summed E-state index contributed by atoms with van der Waals surface area (Å²) in [5.74, 6) is 1.62. The highest BCUT2D eigenvalue weighted by Crippen LogP contribution is 2.33. The van der Waals surface area contributed by atoms with Crippen molar-refractivity contribution in [1.29, 1.82) is 0 Å². The van der Waals surface area contributed by atoms with Gasteiger partial charge in [-0.3, -0.25) is 4.79 Å². The molecule has 0 radical (unpaired) electrons. The van der Waals surface area contributed by atoms with Crippen molar-refractivity contribution in [3.8, 4) is 0 Å². The molecule has 0 aromatic rings. The van der Waals surface area contributed by atoms with Gasteiger partial charge in [-0.1, -0.05) is 26.2 Å². The van der Waals surface area contributed by atoms with Gasteiger partial charge >= 0.3 is 0 Å². The van der Waals surface area contributed by atoms with Crippen LogP contribution in [0.25, 0.3) is 0 Å². The number of nitrogens with zero attached hydrogens (tertiary/aromatic N) is 1. The molecule has 1 saturated heterocycles. The molecule has 20 heavy (non-hydrogen) atoms. The van der Waals surface area contributed by atoms with Gasteiger partial charge < -0.3 is 10.2 Å². The summed E-state index contributed by atoms with van der Waals surface area (Å²) in [6, 6.07) is 0.702. The summed E-state index contributed by atoms with van der Waals surface area (Å²) in [5, 5.41) is 3.41. The Bertz CT molecular complexity index is 300. The molecule has 0 aromatic carbocycles. The van der Waals surface area contributed by atoms with Gasteiger partial charge in [0.15, 0.2) is 0 Å². The van der Waals surface area contributed by atoms with E-state index < -0.39 is 0 Å². The lowest BCUT2D eigenvalue weighted by Gasteiger charge is -2.42. The van der Waals surface area contributed by atoms with Crippen LogP contribution < -0.4 is 5.32 Å². The molecule has 3 heteroatoms. The summed E-state index contributed by atoms with van der Waals surface area (Å²) >= 11 is 0. The molecule has 0 bridgehead atoms. The molecular formula is C17H32N2O. The van der Waals surface area contributed by atoms with Crippen molar-refractivity contribution in [1.82, 2.24) is 10.2 Å². The van der Waals surface area contributed by atoms with Gasteiger partial charge in [-0.05, 0) is 45.4 Å². The maximum Gasteiger partial charge on any atom is 0.226 e. The first-order chi connectivity index (χ1) is 9.63. The van der Waals surface area contributed by atoms with Gasteiger partial charge in [-0.2, -0.15) is 0 Å². The molecule has 2 unspecified atom stereocenters. The molecule has 1 saturated carbocycles. The summed E-state index contributed by atoms with van der Waals surface area (Å²) in [4.78, 5) is 15.0. The third kappa shape index (κ3) is 3.75. The van der Waals surface area contributed by atoms with Crippen molar-refractivity contribution >= 4 is 5.91 Å². The van der Waals surface area contributed by atoms with Crippen LogP contribution in [0.4, 0.5) is 0 Å². The van der Waals surface area contributed by atoms with E-state index in [4.69, 9.17) is 0 Å². The molecule has 0 spiro atoms. The lowest BCUT2D eigenvalue weighted by molar-refractivity contribution is -0.142. The number of nitrogens with one attached hydrogen (secondary N) is 1. The van der Waals surface area contributed by atoms with E-state index in [2.05, 4.69) is 31.0 Å². The van der Waals surface area contributed by atoms with Crippen molar-refractivity contribution in [2.45, 2.75) is 77.8 Å². The number of carbonyl (C=O) groups is 1. The van der Waals surface area contributed by atoms with E-state index in [1.807, 2.05) is 0 Å². The van der Waals surface area contributed by atoms with Crippen molar-refractivity contribution in [3.63, 3.8) is 0 Å². The third-order valence-electron chi connectivity index (χ3n) is 5.25. The third-order valence-corrected chi connectivity index (χ3v) is 5.25. The average molecular weight is 280 g/mol. The first-order valence-electron chi connectivity index (χ1n) is 8.66. The van der Waals surface area contributed by atoms with Gasteiger partial charge in [-0.25, -0.2) is 0 Å². The zero-order chi connectivity index (χ0) is 14.5. The molecule has 2 fully saturated rings. The molecule has 1 heterocycles. The van der Waals surface area contributed by atoms with E-state index in [0.717, 1.165) is 31.8 Å². The number of rotatable bonds is 4. The normalized spacial score (nSPS) is 35.0. The molecule has 1 aliphatic heterocycles. The van der Waals surface area contributed by atoms with Crippen LogP contribution in [0.15, 0.2) is 0 Å². The number of hydrogen-bond donors (Lipinski definition) is 1. The second-order valence-electron chi connectivity index (χ2n) is 6.96. The van der Waals surface area contributed by atoms with Crippen molar-refractivity contribution < 1.29 is 4.79 Å². The Morgan fingerprint density at radius 3 is 2.25 bits per heavy atom. The molecule has 2 aliphatic rings. The Morgan fingerprint density at radius 2 is 1.70 bits per heavy atom. The fourth-order valence-corrected chi connectivity index (χ4v) is 3.97. The summed E-state index contributed by atoms with van der Waals surface area (Å²) < 4.78 is 0. The predicted octanol–water partition coefficient (Wildman–Crippen LogP) is 3.19. The van der Waals surface area contributed by atoms with Crippen molar-refractivity contribution in [2.24, 2.45) is 11.8 Å². The smallest absolute Gasteiger partial charge is 0.226 e. The van der Waals surface area contributed by atoms with Crippen LogP contribution in [0.5, 0.6) is 0 Å². The first kappa shape index (κ1) is 15.8. The second kappa shape index (κ2) is 7.44. The van der Waals surface area contributed by atoms with Crippen LogP contribution in [0, 0.1) is 11.8 Å². The van der Waals surface area contributed by atoms with E-state index >= 15 is 0 Å². The number of piperazine rings is 1. The molecule has 2 atom stereocenters. The Kier molecular flexibility index (Phi) is 5.88. The molecule has 116 valence electrons. The lowest BCUT2D eigenvalue weighted by Crippen LogP contribution is -2.58. The standard InChI is InChI=1S/C17H32N2O/c1-4-5-6-15-7-9-16(10-8-15)17(20)19-13(2)11-18-12-14(19)3/h13-16,18H,4-12H2,1-3H3. The molecular weight excluding hydrogens is 248 g/mol. The van der Waals surface area contributed by atoms with Crippen molar-refractivity contribution in [2.75, 3.05) is 13.1 Å². The second-order valence-corrected chi connectivity index (χ2v) is 6.96. The van der Waals surface area contributed by atoms with Crippen LogP contribution in [-0.2, 0) is 4.79 Å². The maximum absolute atomic E-state index is 12.8. The fraction of sp³-hybridized carbons (Fsp3) is 0.941. The Balaban J connectivity index is 1.84. The van der Waals surface area contributed by atoms with E-state index in [0.29, 0.717) is 23.9 Å². The predicted molar refractivity (Wildman–Crippen MR) is 83.6 cm³/mol. The minimum absolute atomic E-state index is 0.302. The molecule has 0 aromatic heterocycles. The summed E-state index contributed by atoms with van der Waals surface area (Å²) in [6.45, 7) is 8.51. The van der Waals surface area contributed by atoms with Gasteiger partial charge in [-0.15, -0.1) is 0 Å². The van der Waals surface area contributed by atoms with E-state index in [9.17, 15) is 4.79 Å². The highest BCUT2D eigenvalue weighted by atomic mass is 16.2. The minimum Gasteiger partial charge on any atom is -0.334 e. The highest BCUT2D eigenvalue weighted by Gasteiger charge is 2.35. The maximum atomic E-state index is 12.8. The molecule has 1 amide bonds. The highest BCUT2D eigenvalue weighted by molar-refractivity contribution is 5.79. The Morgan fingerprint density at radius 1 is 1.10 bits per heavy atom. The van der Waals surface area contributed by atoms with Gasteiger partial charge in [0, 0.05) is 31.1 Å². The SMILES string of the molecule is CCCCC1CCC(C(=O)N2C(C)CNCC2C)CC1. The molecule has 1 N–H and O–H groups in total. The van der Waals surface area contributed by atoms with Crippen LogP contribution in [0.3, 0.4) is 0 Å². The Labute approximate surface area is 124 Å². The molecule has 3 nitrogen and oxygen atoms in total. The molecule has 1 aliphatic carbocycles. The van der Waals surface area contributed by atoms with Crippen LogP contribution in [0.2, 0.25) is 0 Å². The quantitative estimate of drug-likeness (QED) is 0.857. The number of hydrogen-bond acceptors (Lipinski definition) is 2. The summed E-state index contributed by atoms with van der Waals surface area (Å²) in [5.41, 5.74) is 0. The van der Waals surface area contributed by atoms with E-state index in [1.54, 1.807) is 0 Å². The van der Waals surface area contributed by atoms with Crippen LogP contribution in [0.1, 0.15) is 65.7 Å². The summed E-state index contributed by atoms with van der Waals surface area (Å²) in [6.07, 6.45) is 8.81. The van der Waals surface area contributed by atoms with Crippen LogP contribution >= 0.6 is 0 Å². The van der Waals surface area contributed by atoms with E-state index in [-0.39, 0.29) is 0 Å². The van der Waals surface area contributed by atoms with Gasteiger partial charge in [0.2, 0.25) is 5.91 Å². The summed E-state index contributed by atoms with van der Waals surface area (Å²) in [7, 11) is 0. The van der Waals surface area contributed by atoms with Crippen LogP contribution in [-0.4, -0.2) is 36.0 Å². The first-order valence-corrected chi connectivity index (χ1v) is 8.66. The number of amides is 1. The van der Waals surface area contributed by atoms with Gasteiger partial charge in [0.05, 0.1) is 0 Å². The lowest BCUT2D eigenvalue weighted by atomic mass is 9.79.